The Hall–Kier alpha value is -2.47. The number of ether oxygens (including phenoxy) is 3. The second kappa shape index (κ2) is 7.88. The van der Waals surface area contributed by atoms with Crippen LogP contribution < -0.4 is 4.74 Å². The predicted molar refractivity (Wildman–Crippen MR) is 86.1 cm³/mol. The highest BCUT2D eigenvalue weighted by atomic mass is 35.5. The van der Waals surface area contributed by atoms with Crippen molar-refractivity contribution in [1.29, 1.82) is 0 Å². The zero-order chi connectivity index (χ0) is 17.7. The van der Waals surface area contributed by atoms with Gasteiger partial charge in [-0.3, -0.25) is 0 Å². The smallest absolute Gasteiger partial charge is 0.347 e. The molecule has 0 saturated heterocycles. The summed E-state index contributed by atoms with van der Waals surface area (Å²) in [6.45, 7) is 3.20. The maximum Gasteiger partial charge on any atom is 0.347 e. The number of carbonyl (C=O) groups is 2. The van der Waals surface area contributed by atoms with E-state index in [0.29, 0.717) is 10.8 Å². The Balaban J connectivity index is 1.95. The van der Waals surface area contributed by atoms with Gasteiger partial charge >= 0.3 is 11.9 Å². The molecule has 0 N–H and O–H groups in total. The maximum absolute atomic E-state index is 12.0. The SMILES string of the molecule is COC(=O)c1ccoc1COC(=O)C(C)Oc1ccc(Cl)cc1C. The third-order valence-corrected chi connectivity index (χ3v) is 3.50. The Morgan fingerprint density at radius 2 is 2.04 bits per heavy atom. The van der Waals surface area contributed by atoms with Gasteiger partial charge < -0.3 is 18.6 Å². The first-order chi connectivity index (χ1) is 11.4. The Kier molecular flexibility index (Phi) is 5.87. The lowest BCUT2D eigenvalue weighted by molar-refractivity contribution is -0.153. The Morgan fingerprint density at radius 3 is 2.71 bits per heavy atom. The fourth-order valence-corrected chi connectivity index (χ4v) is 2.21. The first-order valence-corrected chi connectivity index (χ1v) is 7.54. The molecule has 0 amide bonds. The minimum atomic E-state index is -0.832. The molecule has 1 atom stereocenters. The lowest BCUT2D eigenvalue weighted by Gasteiger charge is -2.15. The van der Waals surface area contributed by atoms with E-state index < -0.39 is 18.0 Å². The third kappa shape index (κ3) is 4.29. The largest absolute Gasteiger partial charge is 0.479 e. The standard InChI is InChI=1S/C17H17ClO6/c1-10-8-12(18)4-5-14(10)24-11(2)16(19)23-9-15-13(6-7-22-15)17(20)21-3/h4-8,11H,9H2,1-3H3. The first-order valence-electron chi connectivity index (χ1n) is 7.16. The number of aryl methyl sites for hydroxylation is 1. The van der Waals surface area contributed by atoms with Crippen molar-refractivity contribution in [2.24, 2.45) is 0 Å². The van der Waals surface area contributed by atoms with Crippen molar-refractivity contribution in [3.05, 3.63) is 52.4 Å². The molecule has 1 aromatic heterocycles. The topological polar surface area (TPSA) is 75.0 Å². The van der Waals surface area contributed by atoms with Gasteiger partial charge in [0, 0.05) is 5.02 Å². The van der Waals surface area contributed by atoms with Gasteiger partial charge in [0.2, 0.25) is 0 Å². The molecule has 0 spiro atoms. The van der Waals surface area contributed by atoms with Crippen molar-refractivity contribution in [2.75, 3.05) is 7.11 Å². The molecular formula is C17H17ClO6. The Labute approximate surface area is 144 Å². The normalized spacial score (nSPS) is 11.7. The van der Waals surface area contributed by atoms with Crippen LogP contribution in [0.4, 0.5) is 0 Å². The summed E-state index contributed by atoms with van der Waals surface area (Å²) in [5.74, 6) is -0.394. The van der Waals surface area contributed by atoms with Gasteiger partial charge in [0.15, 0.2) is 11.9 Å². The fourth-order valence-electron chi connectivity index (χ4n) is 1.98. The third-order valence-electron chi connectivity index (χ3n) is 3.27. The van der Waals surface area contributed by atoms with Crippen molar-refractivity contribution in [2.45, 2.75) is 26.6 Å². The molecule has 0 fully saturated rings. The number of carbonyl (C=O) groups excluding carboxylic acids is 2. The molecule has 1 unspecified atom stereocenters. The number of methoxy groups -OCH3 is 1. The van der Waals surface area contributed by atoms with E-state index >= 15 is 0 Å². The lowest BCUT2D eigenvalue weighted by Crippen LogP contribution is -2.26. The van der Waals surface area contributed by atoms with E-state index in [0.717, 1.165) is 5.56 Å². The monoisotopic (exact) mass is 352 g/mol. The zero-order valence-corrected chi connectivity index (χ0v) is 14.3. The van der Waals surface area contributed by atoms with Crippen LogP contribution in [0.5, 0.6) is 5.75 Å². The summed E-state index contributed by atoms with van der Waals surface area (Å²) in [5, 5.41) is 0.586. The van der Waals surface area contributed by atoms with Crippen LogP contribution in [0, 0.1) is 6.92 Å². The summed E-state index contributed by atoms with van der Waals surface area (Å²) in [6, 6.07) is 6.54. The number of esters is 2. The van der Waals surface area contributed by atoms with Gasteiger partial charge in [-0.25, -0.2) is 9.59 Å². The highest BCUT2D eigenvalue weighted by Gasteiger charge is 2.21. The highest BCUT2D eigenvalue weighted by molar-refractivity contribution is 6.30. The molecule has 0 bridgehead atoms. The molecular weight excluding hydrogens is 336 g/mol. The second-order valence-electron chi connectivity index (χ2n) is 5.03. The number of benzene rings is 1. The number of hydrogen-bond acceptors (Lipinski definition) is 6. The van der Waals surface area contributed by atoms with Crippen molar-refractivity contribution in [3.63, 3.8) is 0 Å². The molecule has 24 heavy (non-hydrogen) atoms. The summed E-state index contributed by atoms with van der Waals surface area (Å²) in [4.78, 5) is 23.6. The average Bonchev–Trinajstić information content (AvgIpc) is 3.02. The number of halogens is 1. The summed E-state index contributed by atoms with van der Waals surface area (Å²) in [7, 11) is 1.26. The molecule has 1 aromatic carbocycles. The van der Waals surface area contributed by atoms with E-state index in [-0.39, 0.29) is 17.9 Å². The van der Waals surface area contributed by atoms with Crippen LogP contribution in [-0.4, -0.2) is 25.2 Å². The van der Waals surface area contributed by atoms with Gasteiger partial charge in [-0.05, 0) is 43.7 Å². The van der Waals surface area contributed by atoms with Crippen LogP contribution in [0.15, 0.2) is 34.9 Å². The van der Waals surface area contributed by atoms with Crippen molar-refractivity contribution >= 4 is 23.5 Å². The van der Waals surface area contributed by atoms with E-state index in [1.807, 2.05) is 6.92 Å². The Bertz CT molecular complexity index is 736. The molecule has 1 heterocycles. The van der Waals surface area contributed by atoms with Crippen LogP contribution in [0.25, 0.3) is 0 Å². The van der Waals surface area contributed by atoms with Crippen molar-refractivity contribution in [3.8, 4) is 5.75 Å². The quantitative estimate of drug-likeness (QED) is 0.740. The first kappa shape index (κ1) is 17.9. The van der Waals surface area contributed by atoms with Gasteiger partial charge in [0.05, 0.1) is 13.4 Å². The summed E-state index contributed by atoms with van der Waals surface area (Å²) in [6.07, 6.45) is 0.494. The number of furan rings is 1. The minimum absolute atomic E-state index is 0.191. The maximum atomic E-state index is 12.0. The van der Waals surface area contributed by atoms with E-state index in [2.05, 4.69) is 4.74 Å². The molecule has 0 aliphatic rings. The summed E-state index contributed by atoms with van der Waals surface area (Å²) >= 11 is 5.88. The molecule has 0 radical (unpaired) electrons. The van der Waals surface area contributed by atoms with Crippen molar-refractivity contribution < 1.29 is 28.2 Å². The van der Waals surface area contributed by atoms with Gasteiger partial charge in [-0.2, -0.15) is 0 Å². The molecule has 2 aromatic rings. The summed E-state index contributed by atoms with van der Waals surface area (Å²) in [5.41, 5.74) is 1.02. The van der Waals surface area contributed by atoms with E-state index in [1.165, 1.54) is 19.4 Å². The average molecular weight is 353 g/mol. The van der Waals surface area contributed by atoms with E-state index in [1.54, 1.807) is 25.1 Å². The predicted octanol–water partition coefficient (Wildman–Crippen LogP) is 3.54. The van der Waals surface area contributed by atoms with Gasteiger partial charge in [0.25, 0.3) is 0 Å². The molecule has 128 valence electrons. The molecule has 6 nitrogen and oxygen atoms in total. The number of rotatable bonds is 6. The molecule has 0 aliphatic heterocycles. The fraction of sp³-hybridized carbons (Fsp3) is 0.294. The van der Waals surface area contributed by atoms with Gasteiger partial charge in [0.1, 0.15) is 17.9 Å². The molecule has 7 heteroatoms. The van der Waals surface area contributed by atoms with Gasteiger partial charge in [-0.15, -0.1) is 0 Å². The minimum Gasteiger partial charge on any atom is -0.479 e. The van der Waals surface area contributed by atoms with Crippen LogP contribution >= 0.6 is 11.6 Å². The van der Waals surface area contributed by atoms with Crippen LogP contribution in [0.2, 0.25) is 5.02 Å². The van der Waals surface area contributed by atoms with E-state index in [9.17, 15) is 9.59 Å². The Morgan fingerprint density at radius 1 is 1.29 bits per heavy atom. The summed E-state index contributed by atoms with van der Waals surface area (Å²) < 4.78 is 20.5. The van der Waals surface area contributed by atoms with E-state index in [4.69, 9.17) is 25.5 Å². The molecule has 0 saturated carbocycles. The van der Waals surface area contributed by atoms with Gasteiger partial charge in [-0.1, -0.05) is 11.6 Å². The van der Waals surface area contributed by atoms with Crippen LogP contribution in [-0.2, 0) is 20.9 Å². The molecule has 0 aliphatic carbocycles. The highest BCUT2D eigenvalue weighted by Crippen LogP contribution is 2.23. The lowest BCUT2D eigenvalue weighted by atomic mass is 10.2. The number of hydrogen-bond donors (Lipinski definition) is 0. The van der Waals surface area contributed by atoms with Crippen LogP contribution in [0.1, 0.15) is 28.6 Å². The zero-order valence-electron chi connectivity index (χ0n) is 13.5. The molecule has 2 rings (SSSR count). The van der Waals surface area contributed by atoms with Crippen molar-refractivity contribution in [1.82, 2.24) is 0 Å². The van der Waals surface area contributed by atoms with Crippen LogP contribution in [0.3, 0.4) is 0 Å². The second-order valence-corrected chi connectivity index (χ2v) is 5.46.